The molecular weight excluding hydrogens is 289 g/mol. The van der Waals surface area contributed by atoms with E-state index in [0.29, 0.717) is 22.3 Å². The molecule has 7 heteroatoms. The van der Waals surface area contributed by atoms with Gasteiger partial charge in [0, 0.05) is 11.4 Å². The Balaban J connectivity index is 2.06. The van der Waals surface area contributed by atoms with Crippen LogP contribution in [0.4, 0.5) is 18.9 Å². The van der Waals surface area contributed by atoms with Gasteiger partial charge in [-0.25, -0.2) is 0 Å². The topological polar surface area (TPSA) is 55.1 Å². The van der Waals surface area contributed by atoms with E-state index in [2.05, 4.69) is 5.32 Å². The number of rotatable bonds is 5. The maximum absolute atomic E-state index is 12.3. The van der Waals surface area contributed by atoms with Crippen LogP contribution in [0.25, 0.3) is 0 Å². The van der Waals surface area contributed by atoms with Gasteiger partial charge in [-0.1, -0.05) is 12.1 Å². The zero-order valence-electron chi connectivity index (χ0n) is 10.7. The average Bonchev–Trinajstić information content (AvgIpc) is 3.18. The maximum Gasteiger partial charge on any atom is 0.398 e. The summed E-state index contributed by atoms with van der Waals surface area (Å²) in [5, 5.41) is 2.69. The van der Waals surface area contributed by atoms with Crippen molar-refractivity contribution in [3.05, 3.63) is 24.3 Å². The quantitative estimate of drug-likeness (QED) is 0.822. The molecule has 1 aromatic carbocycles. The molecular formula is C13H15F3N2OS. The Hall–Kier alpha value is -1.21. The van der Waals surface area contributed by atoms with E-state index >= 15 is 0 Å². The van der Waals surface area contributed by atoms with Crippen LogP contribution < -0.4 is 11.1 Å². The van der Waals surface area contributed by atoms with Crippen LogP contribution in [0.2, 0.25) is 0 Å². The highest BCUT2D eigenvalue weighted by Crippen LogP contribution is 2.45. The summed E-state index contributed by atoms with van der Waals surface area (Å²) in [6.45, 7) is 0.261. The SMILES string of the molecule is NCC1(C(=O)Nc2ccccc2SCC(F)(F)F)CC1. The fourth-order valence-corrected chi connectivity index (χ4v) is 2.55. The lowest BCUT2D eigenvalue weighted by atomic mass is 10.1. The molecule has 0 spiro atoms. The Bertz CT molecular complexity index is 501. The Morgan fingerprint density at radius 3 is 2.55 bits per heavy atom. The fraction of sp³-hybridized carbons (Fsp3) is 0.462. The van der Waals surface area contributed by atoms with Gasteiger partial charge in [-0.2, -0.15) is 13.2 Å². The molecule has 1 fully saturated rings. The van der Waals surface area contributed by atoms with E-state index in [1.807, 2.05) is 0 Å². The van der Waals surface area contributed by atoms with Crippen LogP contribution in [0.5, 0.6) is 0 Å². The van der Waals surface area contributed by atoms with Crippen LogP contribution in [0, 0.1) is 5.41 Å². The number of carbonyl (C=O) groups is 1. The van der Waals surface area contributed by atoms with Gasteiger partial charge < -0.3 is 11.1 Å². The first-order valence-corrected chi connectivity index (χ1v) is 7.15. The van der Waals surface area contributed by atoms with Crippen LogP contribution in [0.1, 0.15) is 12.8 Å². The number of thioether (sulfide) groups is 1. The molecule has 1 aromatic rings. The number of halogens is 3. The van der Waals surface area contributed by atoms with Crippen molar-refractivity contribution < 1.29 is 18.0 Å². The highest BCUT2D eigenvalue weighted by Gasteiger charge is 2.48. The van der Waals surface area contributed by atoms with Gasteiger partial charge in [0.25, 0.3) is 0 Å². The van der Waals surface area contributed by atoms with Crippen molar-refractivity contribution in [3.8, 4) is 0 Å². The molecule has 0 bridgehead atoms. The first kappa shape index (κ1) is 15.2. The molecule has 110 valence electrons. The van der Waals surface area contributed by atoms with Crippen molar-refractivity contribution in [2.75, 3.05) is 17.6 Å². The van der Waals surface area contributed by atoms with Crippen LogP contribution in [0.3, 0.4) is 0 Å². The smallest absolute Gasteiger partial charge is 0.329 e. The van der Waals surface area contributed by atoms with Gasteiger partial charge in [0.2, 0.25) is 5.91 Å². The van der Waals surface area contributed by atoms with E-state index in [-0.39, 0.29) is 12.5 Å². The molecule has 0 saturated heterocycles. The zero-order valence-corrected chi connectivity index (χ0v) is 11.5. The molecule has 0 aromatic heterocycles. The van der Waals surface area contributed by atoms with Crippen LogP contribution in [-0.2, 0) is 4.79 Å². The van der Waals surface area contributed by atoms with Gasteiger partial charge in [0.05, 0.1) is 16.9 Å². The molecule has 0 unspecified atom stereocenters. The summed E-state index contributed by atoms with van der Waals surface area (Å²) in [4.78, 5) is 12.5. The first-order chi connectivity index (χ1) is 9.36. The molecule has 1 aliphatic carbocycles. The summed E-state index contributed by atoms with van der Waals surface area (Å²) in [7, 11) is 0. The van der Waals surface area contributed by atoms with Crippen molar-refractivity contribution in [2.24, 2.45) is 11.1 Å². The minimum Gasteiger partial charge on any atom is -0.329 e. The Kier molecular flexibility index (Phi) is 4.29. The fourth-order valence-electron chi connectivity index (χ4n) is 1.79. The molecule has 1 saturated carbocycles. The van der Waals surface area contributed by atoms with Gasteiger partial charge in [0.1, 0.15) is 0 Å². The number of amides is 1. The average molecular weight is 304 g/mol. The number of nitrogens with two attached hydrogens (primary N) is 1. The number of hydrogen-bond donors (Lipinski definition) is 2. The second-order valence-corrected chi connectivity index (χ2v) is 5.86. The predicted molar refractivity (Wildman–Crippen MR) is 72.6 cm³/mol. The third-order valence-electron chi connectivity index (χ3n) is 3.25. The third-order valence-corrected chi connectivity index (χ3v) is 4.39. The Labute approximate surface area is 119 Å². The number of hydrogen-bond acceptors (Lipinski definition) is 3. The Morgan fingerprint density at radius 2 is 2.00 bits per heavy atom. The monoisotopic (exact) mass is 304 g/mol. The number of nitrogens with one attached hydrogen (secondary N) is 1. The van der Waals surface area contributed by atoms with Crippen molar-refractivity contribution >= 4 is 23.4 Å². The largest absolute Gasteiger partial charge is 0.398 e. The Morgan fingerprint density at radius 1 is 1.35 bits per heavy atom. The van der Waals surface area contributed by atoms with Gasteiger partial charge >= 0.3 is 6.18 Å². The van der Waals surface area contributed by atoms with Crippen LogP contribution in [0.15, 0.2) is 29.2 Å². The lowest BCUT2D eigenvalue weighted by molar-refractivity contribution is -0.120. The summed E-state index contributed by atoms with van der Waals surface area (Å²) in [6, 6.07) is 6.48. The summed E-state index contributed by atoms with van der Waals surface area (Å²) < 4.78 is 36.8. The highest BCUT2D eigenvalue weighted by atomic mass is 32.2. The third kappa shape index (κ3) is 3.67. The molecule has 0 aliphatic heterocycles. The highest BCUT2D eigenvalue weighted by molar-refractivity contribution is 7.99. The molecule has 2 rings (SSSR count). The number of benzene rings is 1. The van der Waals surface area contributed by atoms with Crippen molar-refractivity contribution in [1.29, 1.82) is 0 Å². The summed E-state index contributed by atoms with van der Waals surface area (Å²) in [5.74, 6) is -1.19. The van der Waals surface area contributed by atoms with Crippen molar-refractivity contribution in [2.45, 2.75) is 23.9 Å². The van der Waals surface area contributed by atoms with E-state index in [0.717, 1.165) is 12.8 Å². The van der Waals surface area contributed by atoms with Gasteiger partial charge in [-0.3, -0.25) is 4.79 Å². The minimum absolute atomic E-state index is 0.208. The van der Waals surface area contributed by atoms with Crippen LogP contribution in [-0.4, -0.2) is 24.4 Å². The van der Waals surface area contributed by atoms with E-state index in [1.54, 1.807) is 24.3 Å². The molecule has 0 heterocycles. The van der Waals surface area contributed by atoms with Crippen LogP contribution >= 0.6 is 11.8 Å². The van der Waals surface area contributed by atoms with E-state index in [1.165, 1.54) is 0 Å². The first-order valence-electron chi connectivity index (χ1n) is 6.16. The van der Waals surface area contributed by atoms with Gasteiger partial charge in [0.15, 0.2) is 0 Å². The zero-order chi connectivity index (χ0) is 14.8. The number of carbonyl (C=O) groups excluding carboxylic acids is 1. The lowest BCUT2D eigenvalue weighted by Gasteiger charge is -2.15. The lowest BCUT2D eigenvalue weighted by Crippen LogP contribution is -2.31. The standard InChI is InChI=1S/C13H15F3N2OS/c14-13(15,16)8-20-10-4-2-1-3-9(10)18-11(19)12(7-17)5-6-12/h1-4H,5-8,17H2,(H,18,19). The number of anilines is 1. The van der Waals surface area contributed by atoms with E-state index in [4.69, 9.17) is 5.73 Å². The van der Waals surface area contributed by atoms with Crippen molar-refractivity contribution in [1.82, 2.24) is 0 Å². The summed E-state index contributed by atoms with van der Waals surface area (Å²) in [5.41, 5.74) is 5.45. The number of para-hydroxylation sites is 1. The number of alkyl halides is 3. The predicted octanol–water partition coefficient (Wildman–Crippen LogP) is 3.02. The molecule has 1 amide bonds. The molecule has 3 N–H and O–H groups in total. The van der Waals surface area contributed by atoms with Gasteiger partial charge in [-0.15, -0.1) is 11.8 Å². The van der Waals surface area contributed by atoms with Crippen molar-refractivity contribution in [3.63, 3.8) is 0 Å². The summed E-state index contributed by atoms with van der Waals surface area (Å²) in [6.07, 6.45) is -2.78. The van der Waals surface area contributed by atoms with Gasteiger partial charge in [-0.05, 0) is 25.0 Å². The second-order valence-electron chi connectivity index (χ2n) is 4.84. The molecule has 3 nitrogen and oxygen atoms in total. The summed E-state index contributed by atoms with van der Waals surface area (Å²) >= 11 is 0.664. The molecule has 0 atom stereocenters. The minimum atomic E-state index is -4.24. The molecule has 20 heavy (non-hydrogen) atoms. The molecule has 1 aliphatic rings. The van der Waals surface area contributed by atoms with E-state index in [9.17, 15) is 18.0 Å². The van der Waals surface area contributed by atoms with E-state index < -0.39 is 17.3 Å². The normalized spacial score (nSPS) is 16.8. The molecule has 0 radical (unpaired) electrons. The maximum atomic E-state index is 12.3. The second kappa shape index (κ2) is 5.65.